The zero-order valence-electron chi connectivity index (χ0n) is 52.5. The van der Waals surface area contributed by atoms with Crippen molar-refractivity contribution in [1.29, 1.82) is 0 Å². The number of anilines is 3. The molecule has 22 nitrogen and oxygen atoms in total. The Bertz CT molecular complexity index is 5060. The molecule has 0 fully saturated rings. The van der Waals surface area contributed by atoms with Crippen molar-refractivity contribution in [3.63, 3.8) is 0 Å². The van der Waals surface area contributed by atoms with E-state index in [-0.39, 0.29) is 100 Å². The zero-order chi connectivity index (χ0) is 77.8. The molecular weight excluding hydrogens is 1770 g/mol. The number of ether oxygens (including phenoxy) is 2. The summed E-state index contributed by atoms with van der Waals surface area (Å²) >= 11 is 54.7. The van der Waals surface area contributed by atoms with Gasteiger partial charge in [0.1, 0.15) is 44.9 Å². The summed E-state index contributed by atoms with van der Waals surface area (Å²) in [5.74, 6) is -1.71. The van der Waals surface area contributed by atoms with Crippen molar-refractivity contribution in [1.82, 2.24) is 35.0 Å². The minimum Gasteiger partial charge on any atom is -0.363 e. The number of hydrogen-bond acceptors (Lipinski definition) is 18. The fraction of sp³-hybridized carbons (Fsp3) is 0.164. The standard InChI is InChI=1S/C20H13Cl3F3N3O4S.C18H9Cl3F3N3O3S.C14H10BrCl2F3N2O3S.C8H9ClN2O2.CH4.ClH/c1-33-10-29(34(31,32)13-2-3-15(22)14(8-13)20(24,25)26)16-7-12(21)9-28-18(16)19(30)11-4-5-27-17(23)6-11;19-10-6-14(16(26-8-10)17(28)9-3-4-25-15(21)5-9)27-31(29,30)11-1-2-13(20)12(7-11)18(22,23)24;1-25-7-22(12-4-8(16)6-21-13(12)15)26(23,24)9-2-3-11(17)10(5-9)14(18,19)20;1-11(13-2)8(12)6-3-4-10-7(9)5-6;;/h2-9H,10H2,1H3;1-8,27H;2-6H,7H2,1H3;3-5H,1-2H3;1H4;1H. The van der Waals surface area contributed by atoms with Gasteiger partial charge in [-0.3, -0.25) is 23.9 Å². The van der Waals surface area contributed by atoms with Crippen LogP contribution in [0, 0.1) is 0 Å². The van der Waals surface area contributed by atoms with E-state index in [0.717, 1.165) is 77.4 Å². The van der Waals surface area contributed by atoms with Gasteiger partial charge in [-0.05, 0) is 125 Å². The van der Waals surface area contributed by atoms with Crippen molar-refractivity contribution >= 4 is 197 Å². The summed E-state index contributed by atoms with van der Waals surface area (Å²) in [5, 5.41) is -0.461. The number of carbonyl (C=O) groups is 3. The van der Waals surface area contributed by atoms with E-state index >= 15 is 0 Å². The molecule has 6 heterocycles. The molecule has 0 radical (unpaired) electrons. The predicted molar refractivity (Wildman–Crippen MR) is 386 cm³/mol. The molecule has 0 aliphatic carbocycles. The Kier molecular flexibility index (Phi) is 33.3. The van der Waals surface area contributed by atoms with Gasteiger partial charge in [0.05, 0.1) is 85.7 Å². The number of benzene rings is 3. The van der Waals surface area contributed by atoms with Crippen LogP contribution in [-0.2, 0) is 62.9 Å². The lowest BCUT2D eigenvalue weighted by Crippen LogP contribution is -2.34. The maximum Gasteiger partial charge on any atom is 0.417 e. The second kappa shape index (κ2) is 38.6. The summed E-state index contributed by atoms with van der Waals surface area (Å²) in [7, 11) is -8.39. The molecule has 9 rings (SSSR count). The van der Waals surface area contributed by atoms with Gasteiger partial charge < -0.3 is 9.47 Å². The van der Waals surface area contributed by atoms with Crippen LogP contribution < -0.4 is 13.3 Å². The first kappa shape index (κ1) is 91.6. The number of pyridine rings is 6. The van der Waals surface area contributed by atoms with Crippen LogP contribution in [0.4, 0.5) is 56.6 Å². The number of hydroxylamine groups is 2. The molecule has 0 atom stereocenters. The second-order valence-electron chi connectivity index (χ2n) is 19.8. The minimum absolute atomic E-state index is 0. The Balaban J connectivity index is 0.000000309. The van der Waals surface area contributed by atoms with E-state index in [0.29, 0.717) is 28.1 Å². The van der Waals surface area contributed by atoms with Crippen LogP contribution in [0.5, 0.6) is 0 Å². The maximum atomic E-state index is 13.4. The van der Waals surface area contributed by atoms with E-state index in [2.05, 4.69) is 50.6 Å². The Morgan fingerprint density at radius 1 is 0.472 bits per heavy atom. The molecule has 0 saturated carbocycles. The first-order chi connectivity index (χ1) is 48.4. The van der Waals surface area contributed by atoms with Gasteiger partial charge in [-0.25, -0.2) is 68.8 Å². The predicted octanol–water partition coefficient (Wildman–Crippen LogP) is 18.4. The molecule has 45 heteroatoms. The van der Waals surface area contributed by atoms with Crippen molar-refractivity contribution in [2.24, 2.45) is 0 Å². The number of halogens is 20. The third-order valence-electron chi connectivity index (χ3n) is 12.9. The van der Waals surface area contributed by atoms with Crippen molar-refractivity contribution in [2.75, 3.05) is 55.2 Å². The highest BCUT2D eigenvalue weighted by molar-refractivity contribution is 9.10. The molecule has 6 aromatic heterocycles. The van der Waals surface area contributed by atoms with Gasteiger partial charge in [0, 0.05) is 75.1 Å². The monoisotopic (exact) mass is 1810 g/mol. The van der Waals surface area contributed by atoms with E-state index in [1.807, 2.05) is 0 Å². The molecule has 106 heavy (non-hydrogen) atoms. The fourth-order valence-electron chi connectivity index (χ4n) is 8.12. The Morgan fingerprint density at radius 2 is 0.821 bits per heavy atom. The quantitative estimate of drug-likeness (QED) is 0.0259. The SMILES string of the molecule is C.COCN(c1cc(Cl)cnc1Br)S(=O)(=O)c1ccc(Cl)c(C(F)(F)F)c1.COCN(c1cc(Cl)cnc1C(=O)c1ccnc(Cl)c1)S(=O)(=O)c1ccc(Cl)c(C(F)(F)F)c1.CON(C)C(=O)c1ccnc(Cl)c1.Cl.O=C(c1ccnc(Cl)c1)c1ncc(Cl)cc1NS(=O)(=O)c1ccc(Cl)c(C(F)(F)F)c1. The first-order valence-corrected chi connectivity index (χ1v) is 36.0. The number of sulfonamides is 3. The average Bonchev–Trinajstić information content (AvgIpc) is 0.750. The molecule has 570 valence electrons. The van der Waals surface area contributed by atoms with Crippen LogP contribution in [0.25, 0.3) is 0 Å². The number of alkyl halides is 9. The third kappa shape index (κ3) is 23.9. The van der Waals surface area contributed by atoms with Crippen molar-refractivity contribution < 1.29 is 93.5 Å². The van der Waals surface area contributed by atoms with Gasteiger partial charge in [0.15, 0.2) is 0 Å². The third-order valence-corrected chi connectivity index (χ3v) is 20.6. The van der Waals surface area contributed by atoms with Crippen LogP contribution in [0.2, 0.25) is 45.6 Å². The molecule has 1 amide bonds. The van der Waals surface area contributed by atoms with E-state index < -0.39 is 120 Å². The molecule has 0 bridgehead atoms. The molecular formula is C61H46BrCl10F9N10O12S3. The number of methoxy groups -OCH3 is 2. The fourth-order valence-corrected chi connectivity index (χ4v) is 14.2. The van der Waals surface area contributed by atoms with Gasteiger partial charge in [-0.15, -0.1) is 12.4 Å². The van der Waals surface area contributed by atoms with Crippen molar-refractivity contribution in [3.8, 4) is 0 Å². The molecule has 1 N–H and O–H groups in total. The smallest absolute Gasteiger partial charge is 0.363 e. The highest BCUT2D eigenvalue weighted by Gasteiger charge is 2.39. The lowest BCUT2D eigenvalue weighted by atomic mass is 10.1. The lowest BCUT2D eigenvalue weighted by Gasteiger charge is -2.25. The molecule has 0 aliphatic rings. The van der Waals surface area contributed by atoms with Crippen LogP contribution in [0.15, 0.2) is 166 Å². The molecule has 0 aliphatic heterocycles. The molecule has 0 saturated heterocycles. The van der Waals surface area contributed by atoms with E-state index in [1.165, 1.54) is 82.5 Å². The number of nitrogens with zero attached hydrogens (tertiary/aromatic N) is 9. The van der Waals surface area contributed by atoms with Crippen LogP contribution in [0.3, 0.4) is 0 Å². The Morgan fingerprint density at radius 3 is 1.23 bits per heavy atom. The van der Waals surface area contributed by atoms with Gasteiger partial charge in [-0.1, -0.05) is 112 Å². The van der Waals surface area contributed by atoms with Gasteiger partial charge in [-0.2, -0.15) is 39.5 Å². The van der Waals surface area contributed by atoms with Crippen LogP contribution >= 0.6 is 133 Å². The summed E-state index contributed by atoms with van der Waals surface area (Å²) in [6.45, 7) is -1.15. The highest BCUT2D eigenvalue weighted by atomic mass is 79.9. The zero-order valence-corrected chi connectivity index (χ0v) is 64.2. The lowest BCUT2D eigenvalue weighted by molar-refractivity contribution is -0.138. The number of ketones is 2. The summed E-state index contributed by atoms with van der Waals surface area (Å²) in [6, 6.07) is 18.2. The van der Waals surface area contributed by atoms with E-state index in [1.54, 1.807) is 6.07 Å². The highest BCUT2D eigenvalue weighted by Crippen LogP contribution is 2.41. The van der Waals surface area contributed by atoms with E-state index in [9.17, 15) is 79.2 Å². The molecule has 9 aromatic rings. The van der Waals surface area contributed by atoms with Gasteiger partial charge in [0.2, 0.25) is 11.6 Å². The summed E-state index contributed by atoms with van der Waals surface area (Å²) < 4.78 is 210. The molecule has 0 unspecified atom stereocenters. The average molecular weight is 1810 g/mol. The number of nitrogens with one attached hydrogen (secondary N) is 1. The summed E-state index contributed by atoms with van der Waals surface area (Å²) in [6.07, 6.45) is -7.09. The largest absolute Gasteiger partial charge is 0.417 e. The second-order valence-corrected chi connectivity index (χ2v) is 29.7. The van der Waals surface area contributed by atoms with Gasteiger partial charge >= 0.3 is 18.5 Å². The Hall–Kier alpha value is -6.75. The van der Waals surface area contributed by atoms with Gasteiger partial charge in [0.25, 0.3) is 36.0 Å². The van der Waals surface area contributed by atoms with Crippen LogP contribution in [-0.4, -0.2) is 120 Å². The number of amides is 1. The molecule has 0 spiro atoms. The first-order valence-electron chi connectivity index (χ1n) is 27.4. The van der Waals surface area contributed by atoms with E-state index in [4.69, 9.17) is 119 Å². The van der Waals surface area contributed by atoms with Crippen molar-refractivity contribution in [2.45, 2.75) is 40.6 Å². The minimum atomic E-state index is -4.91. The summed E-state index contributed by atoms with van der Waals surface area (Å²) in [5.41, 5.74) is -4.77. The van der Waals surface area contributed by atoms with Crippen LogP contribution in [0.1, 0.15) is 66.6 Å². The Labute approximate surface area is 657 Å². The summed E-state index contributed by atoms with van der Waals surface area (Å²) in [4.78, 5) is 63.0. The maximum absolute atomic E-state index is 13.4. The molecule has 3 aromatic carbocycles. The normalized spacial score (nSPS) is 11.5. The number of hydrogen-bond donors (Lipinski definition) is 1. The number of aromatic nitrogens is 6. The topological polar surface area (TPSA) is 280 Å². The number of carbonyl (C=O) groups excluding carboxylic acids is 3. The van der Waals surface area contributed by atoms with Crippen molar-refractivity contribution in [3.05, 3.63) is 241 Å². The number of rotatable bonds is 19.